The van der Waals surface area contributed by atoms with E-state index in [-0.39, 0.29) is 12.0 Å². The highest BCUT2D eigenvalue weighted by Crippen LogP contribution is 2.45. The minimum absolute atomic E-state index is 0.143. The van der Waals surface area contributed by atoms with Gasteiger partial charge in [0.05, 0.1) is 6.04 Å². The molecule has 0 spiro atoms. The number of halogens is 1. The molecule has 2 heterocycles. The zero-order chi connectivity index (χ0) is 19.3. The number of para-hydroxylation sites is 1. The van der Waals surface area contributed by atoms with Gasteiger partial charge in [-0.2, -0.15) is 17.0 Å². The first-order chi connectivity index (χ1) is 12.8. The number of benzene rings is 2. The highest BCUT2D eigenvalue weighted by atomic mass is 35.5. The second-order valence-electron chi connectivity index (χ2n) is 7.11. The summed E-state index contributed by atoms with van der Waals surface area (Å²) >= 11 is 6.51. The SMILES string of the molecule is CC1c2[nH]c3ccccc3c2C(c2ccccc2Cl)CN1S(=O)(=O)N(C)C. The Hall–Kier alpha value is -1.86. The summed E-state index contributed by atoms with van der Waals surface area (Å²) in [5, 5.41) is 1.77. The van der Waals surface area contributed by atoms with Crippen LogP contribution in [-0.2, 0) is 10.2 Å². The van der Waals surface area contributed by atoms with Crippen LogP contribution in [0.25, 0.3) is 10.9 Å². The zero-order valence-corrected chi connectivity index (χ0v) is 17.1. The van der Waals surface area contributed by atoms with Crippen LogP contribution in [0.5, 0.6) is 0 Å². The molecule has 1 N–H and O–H groups in total. The molecule has 0 bridgehead atoms. The summed E-state index contributed by atoms with van der Waals surface area (Å²) in [7, 11) is -0.454. The minimum Gasteiger partial charge on any atom is -0.357 e. The van der Waals surface area contributed by atoms with E-state index in [9.17, 15) is 8.42 Å². The molecule has 0 saturated carbocycles. The molecule has 2 unspecified atom stereocenters. The van der Waals surface area contributed by atoms with Gasteiger partial charge in [0.2, 0.25) is 0 Å². The minimum atomic E-state index is -3.58. The molecule has 27 heavy (non-hydrogen) atoms. The Morgan fingerprint density at radius 3 is 2.48 bits per heavy atom. The van der Waals surface area contributed by atoms with Crippen molar-refractivity contribution in [3.05, 3.63) is 70.4 Å². The summed E-state index contributed by atoms with van der Waals surface area (Å²) < 4.78 is 28.8. The number of hydrogen-bond acceptors (Lipinski definition) is 2. The van der Waals surface area contributed by atoms with Crippen LogP contribution in [-0.4, -0.2) is 42.7 Å². The summed E-state index contributed by atoms with van der Waals surface area (Å²) in [5.41, 5.74) is 4.01. The Labute approximate surface area is 164 Å². The number of rotatable bonds is 3. The van der Waals surface area contributed by atoms with E-state index in [1.54, 1.807) is 18.4 Å². The van der Waals surface area contributed by atoms with Crippen molar-refractivity contribution in [2.24, 2.45) is 0 Å². The third-order valence-electron chi connectivity index (χ3n) is 5.38. The Morgan fingerprint density at radius 2 is 1.78 bits per heavy atom. The number of nitrogens with zero attached hydrogens (tertiary/aromatic N) is 2. The van der Waals surface area contributed by atoms with E-state index in [0.29, 0.717) is 11.6 Å². The van der Waals surface area contributed by atoms with Gasteiger partial charge in [-0.25, -0.2) is 0 Å². The van der Waals surface area contributed by atoms with E-state index in [4.69, 9.17) is 11.6 Å². The van der Waals surface area contributed by atoms with E-state index < -0.39 is 10.2 Å². The number of aromatic amines is 1. The predicted octanol–water partition coefficient (Wildman–Crippen LogP) is 4.14. The van der Waals surface area contributed by atoms with Gasteiger partial charge in [0.1, 0.15) is 0 Å². The van der Waals surface area contributed by atoms with Crippen molar-refractivity contribution in [1.29, 1.82) is 0 Å². The smallest absolute Gasteiger partial charge is 0.282 e. The molecule has 0 amide bonds. The Morgan fingerprint density at radius 1 is 1.11 bits per heavy atom. The molecular formula is C20H22ClN3O2S. The molecule has 142 valence electrons. The van der Waals surface area contributed by atoms with E-state index in [2.05, 4.69) is 11.1 Å². The molecule has 1 aromatic heterocycles. The van der Waals surface area contributed by atoms with Gasteiger partial charge in [-0.05, 0) is 30.2 Å². The fourth-order valence-electron chi connectivity index (χ4n) is 3.98. The summed E-state index contributed by atoms with van der Waals surface area (Å²) in [4.78, 5) is 3.46. The first-order valence-electron chi connectivity index (χ1n) is 8.86. The van der Waals surface area contributed by atoms with Crippen LogP contribution >= 0.6 is 11.6 Å². The molecule has 3 aromatic rings. The molecule has 0 aliphatic carbocycles. The fraction of sp³-hybridized carbons (Fsp3) is 0.300. The van der Waals surface area contributed by atoms with Crippen LogP contribution in [0.15, 0.2) is 48.5 Å². The maximum Gasteiger partial charge on any atom is 0.282 e. The molecule has 4 rings (SSSR count). The Balaban J connectivity index is 1.98. The topological polar surface area (TPSA) is 56.4 Å². The number of nitrogens with one attached hydrogen (secondary N) is 1. The molecule has 0 fully saturated rings. The second kappa shape index (κ2) is 6.63. The van der Waals surface area contributed by atoms with Crippen LogP contribution in [0.2, 0.25) is 5.02 Å². The Kier molecular flexibility index (Phi) is 4.55. The average Bonchev–Trinajstić information content (AvgIpc) is 3.03. The molecule has 1 aliphatic rings. The standard InChI is InChI=1S/C20H22ClN3O2S/c1-13-20-19(15-9-5-7-11-18(15)22-20)16(14-8-4-6-10-17(14)21)12-24(13)27(25,26)23(2)3/h4-11,13,16,22H,12H2,1-3H3. The van der Waals surface area contributed by atoms with Crippen LogP contribution in [0, 0.1) is 0 Å². The van der Waals surface area contributed by atoms with Crippen LogP contribution in [0.4, 0.5) is 0 Å². The fourth-order valence-corrected chi connectivity index (χ4v) is 5.51. The second-order valence-corrected chi connectivity index (χ2v) is 9.61. The van der Waals surface area contributed by atoms with Gasteiger partial charge in [-0.15, -0.1) is 0 Å². The highest BCUT2D eigenvalue weighted by molar-refractivity contribution is 7.86. The summed E-state index contributed by atoms with van der Waals surface area (Å²) in [6, 6.07) is 15.5. The molecule has 0 radical (unpaired) electrons. The largest absolute Gasteiger partial charge is 0.357 e. The number of hydrogen-bond donors (Lipinski definition) is 1. The average molecular weight is 404 g/mol. The van der Waals surface area contributed by atoms with Crippen molar-refractivity contribution in [1.82, 2.24) is 13.6 Å². The molecule has 7 heteroatoms. The van der Waals surface area contributed by atoms with Crippen molar-refractivity contribution in [2.45, 2.75) is 18.9 Å². The lowest BCUT2D eigenvalue weighted by Gasteiger charge is -2.38. The van der Waals surface area contributed by atoms with Crippen molar-refractivity contribution in [2.75, 3.05) is 20.6 Å². The molecule has 5 nitrogen and oxygen atoms in total. The summed E-state index contributed by atoms with van der Waals surface area (Å²) in [6.45, 7) is 2.28. The normalized spacial score (nSPS) is 20.9. The van der Waals surface area contributed by atoms with Crippen LogP contribution in [0.1, 0.15) is 35.7 Å². The van der Waals surface area contributed by atoms with Gasteiger partial charge >= 0.3 is 0 Å². The predicted molar refractivity (Wildman–Crippen MR) is 109 cm³/mol. The number of aromatic nitrogens is 1. The number of H-pyrrole nitrogens is 1. The van der Waals surface area contributed by atoms with Crippen molar-refractivity contribution in [3.8, 4) is 0 Å². The third kappa shape index (κ3) is 2.88. The molecule has 2 aromatic carbocycles. The van der Waals surface area contributed by atoms with Crippen LogP contribution < -0.4 is 0 Å². The maximum absolute atomic E-state index is 13.0. The van der Waals surface area contributed by atoms with Gasteiger partial charge in [-0.1, -0.05) is 48.0 Å². The lowest BCUT2D eigenvalue weighted by atomic mass is 9.85. The quantitative estimate of drug-likeness (QED) is 0.714. The Bertz CT molecular complexity index is 1110. The van der Waals surface area contributed by atoms with Gasteiger partial charge in [0, 0.05) is 48.2 Å². The van der Waals surface area contributed by atoms with E-state index in [1.165, 1.54) is 4.31 Å². The third-order valence-corrected chi connectivity index (χ3v) is 7.70. The van der Waals surface area contributed by atoms with Gasteiger partial charge in [0.15, 0.2) is 0 Å². The van der Waals surface area contributed by atoms with Gasteiger partial charge < -0.3 is 4.98 Å². The van der Waals surface area contributed by atoms with Crippen molar-refractivity contribution < 1.29 is 8.42 Å². The number of fused-ring (bicyclic) bond motifs is 3. The zero-order valence-electron chi connectivity index (χ0n) is 15.5. The maximum atomic E-state index is 13.0. The molecule has 2 atom stereocenters. The molecular weight excluding hydrogens is 382 g/mol. The monoisotopic (exact) mass is 403 g/mol. The summed E-state index contributed by atoms with van der Waals surface area (Å²) in [5.74, 6) is -0.143. The van der Waals surface area contributed by atoms with Gasteiger partial charge in [0.25, 0.3) is 10.2 Å². The van der Waals surface area contributed by atoms with Crippen molar-refractivity contribution in [3.63, 3.8) is 0 Å². The first-order valence-corrected chi connectivity index (χ1v) is 10.6. The summed E-state index contributed by atoms with van der Waals surface area (Å²) in [6.07, 6.45) is 0. The van der Waals surface area contributed by atoms with E-state index in [0.717, 1.165) is 27.7 Å². The van der Waals surface area contributed by atoms with E-state index >= 15 is 0 Å². The van der Waals surface area contributed by atoms with Crippen LogP contribution in [0.3, 0.4) is 0 Å². The van der Waals surface area contributed by atoms with E-state index in [1.807, 2.05) is 49.4 Å². The lowest BCUT2D eigenvalue weighted by molar-refractivity contribution is 0.288. The lowest BCUT2D eigenvalue weighted by Crippen LogP contribution is -2.46. The first kappa shape index (κ1) is 18.5. The van der Waals surface area contributed by atoms with Gasteiger partial charge in [-0.3, -0.25) is 0 Å². The highest BCUT2D eigenvalue weighted by Gasteiger charge is 2.41. The molecule has 0 saturated heterocycles. The van der Waals surface area contributed by atoms with Crippen molar-refractivity contribution >= 4 is 32.7 Å². The molecule has 1 aliphatic heterocycles.